The number of hydrogen-bond donors (Lipinski definition) is 2. The van der Waals surface area contributed by atoms with Gasteiger partial charge in [0.15, 0.2) is 0 Å². The van der Waals surface area contributed by atoms with Gasteiger partial charge in [-0.1, -0.05) is 6.92 Å². The van der Waals surface area contributed by atoms with E-state index in [2.05, 4.69) is 27.3 Å². The first-order valence-corrected chi connectivity index (χ1v) is 15.0. The van der Waals surface area contributed by atoms with Crippen LogP contribution in [0.15, 0.2) is 48.9 Å². The van der Waals surface area contributed by atoms with Crippen molar-refractivity contribution in [2.24, 2.45) is 11.7 Å². The van der Waals surface area contributed by atoms with Crippen LogP contribution in [0.3, 0.4) is 0 Å². The van der Waals surface area contributed by atoms with Crippen molar-refractivity contribution in [1.29, 1.82) is 0 Å². The zero-order valence-electron chi connectivity index (χ0n) is 25.4. The Morgan fingerprint density at radius 3 is 2.64 bits per heavy atom. The summed E-state index contributed by atoms with van der Waals surface area (Å²) in [7, 11) is 3.07. The SMILES string of the molecule is COC(=O)N(C)C1C(C)CC(c2ccncc2Nc2ncc3ccc(-c4c(F)cc(CN5CCCC5=O)cc4F)nn23)CC1N. The molecular weight excluding hydrogens is 582 g/mol. The van der Waals surface area contributed by atoms with Crippen LogP contribution in [0, 0.1) is 17.6 Å². The molecule has 1 aromatic carbocycles. The van der Waals surface area contributed by atoms with Gasteiger partial charge in [-0.15, -0.1) is 0 Å². The summed E-state index contributed by atoms with van der Waals surface area (Å²) in [5, 5.41) is 7.87. The van der Waals surface area contributed by atoms with Gasteiger partial charge in [-0.3, -0.25) is 9.78 Å². The molecule has 4 aromatic rings. The first kappa shape index (κ1) is 30.4. The highest BCUT2D eigenvalue weighted by Crippen LogP contribution is 2.40. The number of halogens is 2. The maximum atomic E-state index is 15.3. The Labute approximate surface area is 259 Å². The molecule has 11 nitrogen and oxygen atoms in total. The maximum absolute atomic E-state index is 15.3. The molecule has 2 amide bonds. The highest BCUT2D eigenvalue weighted by molar-refractivity contribution is 5.78. The molecule has 3 N–H and O–H groups in total. The summed E-state index contributed by atoms with van der Waals surface area (Å²) in [6, 6.07) is 7.26. The normalized spacial score (nSPS) is 21.7. The van der Waals surface area contributed by atoms with Crippen LogP contribution in [0.2, 0.25) is 0 Å². The summed E-state index contributed by atoms with van der Waals surface area (Å²) >= 11 is 0. The lowest BCUT2D eigenvalue weighted by Crippen LogP contribution is -2.55. The van der Waals surface area contributed by atoms with Crippen LogP contribution >= 0.6 is 0 Å². The lowest BCUT2D eigenvalue weighted by Gasteiger charge is -2.43. The summed E-state index contributed by atoms with van der Waals surface area (Å²) in [4.78, 5) is 36.2. The highest BCUT2D eigenvalue weighted by atomic mass is 19.1. The number of amides is 2. The van der Waals surface area contributed by atoms with Crippen LogP contribution in [0.1, 0.15) is 49.7 Å². The average Bonchev–Trinajstić information content (AvgIpc) is 3.61. The number of likely N-dealkylation sites (tertiary alicyclic amines) is 1. The molecule has 0 radical (unpaired) electrons. The molecule has 4 unspecified atom stereocenters. The minimum Gasteiger partial charge on any atom is -0.453 e. The monoisotopic (exact) mass is 618 g/mol. The predicted molar refractivity (Wildman–Crippen MR) is 164 cm³/mol. The molecule has 236 valence electrons. The number of methoxy groups -OCH3 is 1. The van der Waals surface area contributed by atoms with Crippen molar-refractivity contribution >= 4 is 29.2 Å². The van der Waals surface area contributed by atoms with Crippen LogP contribution in [-0.2, 0) is 16.1 Å². The standard InChI is InChI=1S/C32H36F2N8O3/c1-18-11-20(14-25(35)30(18)40(2)32(44)45-3)22-8-9-36-16-27(22)38-31-37-15-21-6-7-26(39-42(21)31)29-23(33)12-19(13-24(29)34)17-41-10-4-5-28(41)43/h6-9,12-13,15-16,18,20,25,30H,4-5,10-11,14,17,35H2,1-3H3,(H,37,38). The van der Waals surface area contributed by atoms with Gasteiger partial charge in [0, 0.05) is 38.8 Å². The molecule has 13 heteroatoms. The van der Waals surface area contributed by atoms with Crippen molar-refractivity contribution in [2.75, 3.05) is 26.0 Å². The molecule has 6 rings (SSSR count). The number of aromatic nitrogens is 4. The average molecular weight is 619 g/mol. The number of pyridine rings is 1. The van der Waals surface area contributed by atoms with E-state index in [-0.39, 0.29) is 47.6 Å². The Kier molecular flexibility index (Phi) is 8.36. The van der Waals surface area contributed by atoms with Gasteiger partial charge in [0.05, 0.1) is 48.0 Å². The number of ether oxygens (including phenoxy) is 1. The number of rotatable bonds is 7. The molecule has 1 saturated carbocycles. The number of carbonyl (C=O) groups is 2. The van der Waals surface area contributed by atoms with Gasteiger partial charge < -0.3 is 25.6 Å². The Morgan fingerprint density at radius 1 is 1.18 bits per heavy atom. The third-order valence-electron chi connectivity index (χ3n) is 8.97. The van der Waals surface area contributed by atoms with E-state index in [1.165, 1.54) is 23.8 Å². The third kappa shape index (κ3) is 5.91. The van der Waals surface area contributed by atoms with Gasteiger partial charge in [-0.25, -0.2) is 18.6 Å². The van der Waals surface area contributed by atoms with Crippen LogP contribution < -0.4 is 11.1 Å². The van der Waals surface area contributed by atoms with E-state index in [9.17, 15) is 9.59 Å². The van der Waals surface area contributed by atoms with Gasteiger partial charge in [0.1, 0.15) is 11.6 Å². The second-order valence-corrected chi connectivity index (χ2v) is 12.0. The zero-order valence-corrected chi connectivity index (χ0v) is 25.4. The van der Waals surface area contributed by atoms with Crippen LogP contribution in [0.4, 0.5) is 25.2 Å². The Morgan fingerprint density at radius 2 is 1.96 bits per heavy atom. The summed E-state index contributed by atoms with van der Waals surface area (Å²) in [5.74, 6) is -0.997. The Balaban J connectivity index is 1.26. The van der Waals surface area contributed by atoms with E-state index in [0.717, 1.165) is 18.4 Å². The third-order valence-corrected chi connectivity index (χ3v) is 8.97. The van der Waals surface area contributed by atoms with Crippen molar-refractivity contribution in [2.45, 2.75) is 57.2 Å². The van der Waals surface area contributed by atoms with Crippen molar-refractivity contribution in [3.63, 3.8) is 0 Å². The van der Waals surface area contributed by atoms with Crippen molar-refractivity contribution in [1.82, 2.24) is 29.4 Å². The van der Waals surface area contributed by atoms with E-state index >= 15 is 8.78 Å². The predicted octanol–water partition coefficient (Wildman–Crippen LogP) is 4.84. The first-order valence-electron chi connectivity index (χ1n) is 15.0. The number of likely N-dealkylation sites (N-methyl/N-ethyl adjacent to an activating group) is 1. The fourth-order valence-corrected chi connectivity index (χ4v) is 6.90. The largest absolute Gasteiger partial charge is 0.453 e. The van der Waals surface area contributed by atoms with Crippen LogP contribution in [0.5, 0.6) is 0 Å². The molecule has 1 aliphatic carbocycles. The van der Waals surface area contributed by atoms with Gasteiger partial charge in [0.25, 0.3) is 0 Å². The van der Waals surface area contributed by atoms with Crippen LogP contribution in [0.25, 0.3) is 16.8 Å². The van der Waals surface area contributed by atoms with E-state index in [4.69, 9.17) is 10.5 Å². The number of benzene rings is 1. The quantitative estimate of drug-likeness (QED) is 0.301. The molecule has 4 atom stereocenters. The second-order valence-electron chi connectivity index (χ2n) is 12.0. The van der Waals surface area contributed by atoms with Gasteiger partial charge in [-0.05, 0) is 72.6 Å². The molecule has 3 aromatic heterocycles. The number of nitrogens with two attached hydrogens (primary N) is 1. The topological polar surface area (TPSA) is 131 Å². The number of nitrogens with zero attached hydrogens (tertiary/aromatic N) is 6. The van der Waals surface area contributed by atoms with Crippen molar-refractivity contribution in [3.8, 4) is 11.3 Å². The number of fused-ring (bicyclic) bond motifs is 1. The summed E-state index contributed by atoms with van der Waals surface area (Å²) < 4.78 is 37.1. The molecule has 2 fully saturated rings. The molecular formula is C32H36F2N8O3. The van der Waals surface area contributed by atoms with Gasteiger partial charge >= 0.3 is 6.09 Å². The number of hydrogen-bond acceptors (Lipinski definition) is 8. The van der Waals surface area contributed by atoms with Gasteiger partial charge in [0.2, 0.25) is 11.9 Å². The van der Waals surface area contributed by atoms with E-state index in [0.29, 0.717) is 42.1 Å². The fraction of sp³-hybridized carbons (Fsp3) is 0.406. The molecule has 1 saturated heterocycles. The van der Waals surface area contributed by atoms with Crippen molar-refractivity contribution < 1.29 is 23.1 Å². The number of anilines is 2. The number of nitrogens with one attached hydrogen (secondary N) is 1. The lowest BCUT2D eigenvalue weighted by atomic mass is 9.73. The highest BCUT2D eigenvalue weighted by Gasteiger charge is 2.39. The van der Waals surface area contributed by atoms with Crippen molar-refractivity contribution in [3.05, 3.63) is 71.7 Å². The van der Waals surface area contributed by atoms with Gasteiger partial charge in [-0.2, -0.15) is 9.61 Å². The second kappa shape index (κ2) is 12.4. The van der Waals surface area contributed by atoms with E-state index < -0.39 is 17.7 Å². The van der Waals surface area contributed by atoms with Crippen LogP contribution in [-0.4, -0.2) is 74.2 Å². The minimum absolute atomic E-state index is 0.0138. The summed E-state index contributed by atoms with van der Waals surface area (Å²) in [6.07, 6.45) is 7.24. The van der Waals surface area contributed by atoms with E-state index in [1.54, 1.807) is 47.6 Å². The molecule has 4 heterocycles. The smallest absolute Gasteiger partial charge is 0.409 e. The molecule has 0 bridgehead atoms. The Bertz CT molecular complexity index is 1710. The maximum Gasteiger partial charge on any atom is 0.409 e. The first-order chi connectivity index (χ1) is 21.6. The lowest BCUT2D eigenvalue weighted by molar-refractivity contribution is -0.128. The summed E-state index contributed by atoms with van der Waals surface area (Å²) in [5.41, 5.74) is 9.16. The van der Waals surface area contributed by atoms with E-state index in [1.807, 2.05) is 6.07 Å². The molecule has 1 aliphatic heterocycles. The Hall–Kier alpha value is -4.65. The zero-order chi connectivity index (χ0) is 31.8. The summed E-state index contributed by atoms with van der Waals surface area (Å²) in [6.45, 7) is 2.82. The number of carbonyl (C=O) groups excluding carboxylic acids is 2. The molecule has 0 spiro atoms. The molecule has 2 aliphatic rings. The molecule has 45 heavy (non-hydrogen) atoms. The number of imidazole rings is 1. The minimum atomic E-state index is -0.758. The fourth-order valence-electron chi connectivity index (χ4n) is 6.90.